The predicted molar refractivity (Wildman–Crippen MR) is 59.2 cm³/mol. The van der Waals surface area contributed by atoms with Gasteiger partial charge in [0.2, 0.25) is 5.95 Å². The molecule has 1 rings (SSSR count). The Morgan fingerprint density at radius 2 is 1.93 bits per heavy atom. The van der Waals surface area contributed by atoms with Crippen LogP contribution in [-0.4, -0.2) is 23.6 Å². The van der Waals surface area contributed by atoms with Gasteiger partial charge in [0.15, 0.2) is 0 Å². The topological polar surface area (TPSA) is 55.0 Å². The lowest BCUT2D eigenvalue weighted by Gasteiger charge is -2.17. The highest BCUT2D eigenvalue weighted by Crippen LogP contribution is 2.08. The molecule has 1 heterocycles. The quantitative estimate of drug-likeness (QED) is 0.790. The molecular formula is C10H18N4. The van der Waals surface area contributed by atoms with E-state index in [9.17, 15) is 0 Å². The zero-order chi connectivity index (χ0) is 10.6. The van der Waals surface area contributed by atoms with Crippen LogP contribution in [0.1, 0.15) is 20.3 Å². The highest BCUT2D eigenvalue weighted by Gasteiger charge is 2.04. The summed E-state index contributed by atoms with van der Waals surface area (Å²) in [6, 6.07) is 0. The number of anilines is 2. The van der Waals surface area contributed by atoms with E-state index in [2.05, 4.69) is 23.8 Å². The Labute approximate surface area is 85.2 Å². The van der Waals surface area contributed by atoms with Crippen molar-refractivity contribution in [1.82, 2.24) is 9.97 Å². The first-order valence-corrected chi connectivity index (χ1v) is 4.88. The van der Waals surface area contributed by atoms with E-state index in [0.29, 0.717) is 11.6 Å². The molecule has 0 aromatic carbocycles. The monoisotopic (exact) mass is 194 g/mol. The lowest BCUT2D eigenvalue weighted by atomic mass is 10.1. The first-order valence-electron chi connectivity index (χ1n) is 4.88. The fraction of sp³-hybridized carbons (Fsp3) is 0.600. The summed E-state index contributed by atoms with van der Waals surface area (Å²) in [4.78, 5) is 10.3. The van der Waals surface area contributed by atoms with Gasteiger partial charge >= 0.3 is 0 Å². The molecule has 4 heteroatoms. The molecular weight excluding hydrogens is 176 g/mol. The van der Waals surface area contributed by atoms with Crippen molar-refractivity contribution in [3.8, 4) is 0 Å². The number of nitrogens with zero attached hydrogens (tertiary/aromatic N) is 3. The van der Waals surface area contributed by atoms with Gasteiger partial charge in [-0.15, -0.1) is 0 Å². The third kappa shape index (κ3) is 3.20. The second-order valence-corrected chi connectivity index (χ2v) is 3.92. The first kappa shape index (κ1) is 10.8. The molecule has 14 heavy (non-hydrogen) atoms. The van der Waals surface area contributed by atoms with E-state index >= 15 is 0 Å². The third-order valence-electron chi connectivity index (χ3n) is 2.04. The van der Waals surface area contributed by atoms with Crippen molar-refractivity contribution in [3.05, 3.63) is 12.4 Å². The highest BCUT2D eigenvalue weighted by atomic mass is 15.2. The normalized spacial score (nSPS) is 10.6. The van der Waals surface area contributed by atoms with Crippen molar-refractivity contribution in [2.75, 3.05) is 24.2 Å². The number of hydrogen-bond donors (Lipinski definition) is 1. The lowest BCUT2D eigenvalue weighted by molar-refractivity contribution is 0.581. The summed E-state index contributed by atoms with van der Waals surface area (Å²) >= 11 is 0. The number of rotatable bonds is 4. The Kier molecular flexibility index (Phi) is 3.68. The summed E-state index contributed by atoms with van der Waals surface area (Å²) in [7, 11) is 1.99. The van der Waals surface area contributed by atoms with Gasteiger partial charge in [0.1, 0.15) is 0 Å². The summed E-state index contributed by atoms with van der Waals surface area (Å²) in [5.41, 5.74) is 6.11. The Hall–Kier alpha value is -1.32. The number of nitrogens with two attached hydrogens (primary N) is 1. The van der Waals surface area contributed by atoms with Gasteiger partial charge in [-0.1, -0.05) is 13.8 Å². The molecule has 0 fully saturated rings. The van der Waals surface area contributed by atoms with Crippen LogP contribution < -0.4 is 10.6 Å². The zero-order valence-corrected chi connectivity index (χ0v) is 9.07. The van der Waals surface area contributed by atoms with Crippen molar-refractivity contribution < 1.29 is 0 Å². The summed E-state index contributed by atoms with van der Waals surface area (Å²) in [5, 5.41) is 0. The van der Waals surface area contributed by atoms with Crippen molar-refractivity contribution in [3.63, 3.8) is 0 Å². The van der Waals surface area contributed by atoms with Gasteiger partial charge in [0, 0.05) is 13.6 Å². The lowest BCUT2D eigenvalue weighted by Crippen LogP contribution is -2.22. The largest absolute Gasteiger partial charge is 0.396 e. The van der Waals surface area contributed by atoms with E-state index in [1.54, 1.807) is 12.4 Å². The molecule has 78 valence electrons. The highest BCUT2D eigenvalue weighted by molar-refractivity contribution is 5.37. The van der Waals surface area contributed by atoms with E-state index in [4.69, 9.17) is 5.73 Å². The molecule has 1 aromatic heterocycles. The zero-order valence-electron chi connectivity index (χ0n) is 9.07. The molecule has 0 bridgehead atoms. The molecule has 0 saturated carbocycles. The average molecular weight is 194 g/mol. The molecule has 0 spiro atoms. The van der Waals surface area contributed by atoms with E-state index in [1.807, 2.05) is 11.9 Å². The Balaban J connectivity index is 2.52. The minimum absolute atomic E-state index is 0.603. The standard InChI is InChI=1S/C10H18N4/c1-8(2)4-5-14(3)10-12-6-9(11)7-13-10/h6-8H,4-5,11H2,1-3H3. The molecule has 0 saturated heterocycles. The number of hydrogen-bond acceptors (Lipinski definition) is 4. The average Bonchev–Trinajstić information content (AvgIpc) is 2.15. The summed E-state index contributed by atoms with van der Waals surface area (Å²) in [6.45, 7) is 5.39. The van der Waals surface area contributed by atoms with E-state index < -0.39 is 0 Å². The number of nitrogen functional groups attached to an aromatic ring is 1. The SMILES string of the molecule is CC(C)CCN(C)c1ncc(N)cn1. The maximum atomic E-state index is 5.51. The molecule has 0 unspecified atom stereocenters. The molecule has 4 nitrogen and oxygen atoms in total. The van der Waals surface area contributed by atoms with Crippen LogP contribution in [-0.2, 0) is 0 Å². The van der Waals surface area contributed by atoms with Gasteiger partial charge in [-0.05, 0) is 12.3 Å². The van der Waals surface area contributed by atoms with E-state index in [1.165, 1.54) is 0 Å². The Morgan fingerprint density at radius 3 is 2.43 bits per heavy atom. The summed E-state index contributed by atoms with van der Waals surface area (Å²) in [5.74, 6) is 1.44. The van der Waals surface area contributed by atoms with Crippen molar-refractivity contribution in [1.29, 1.82) is 0 Å². The van der Waals surface area contributed by atoms with Gasteiger partial charge in [0.05, 0.1) is 18.1 Å². The minimum atomic E-state index is 0.603. The molecule has 2 N–H and O–H groups in total. The minimum Gasteiger partial charge on any atom is -0.396 e. The van der Waals surface area contributed by atoms with Crippen LogP contribution in [0.25, 0.3) is 0 Å². The molecule has 1 aromatic rings. The first-order chi connectivity index (χ1) is 6.59. The van der Waals surface area contributed by atoms with Crippen LogP contribution in [0, 0.1) is 5.92 Å². The second-order valence-electron chi connectivity index (χ2n) is 3.92. The van der Waals surface area contributed by atoms with Crippen LogP contribution >= 0.6 is 0 Å². The summed E-state index contributed by atoms with van der Waals surface area (Å²) < 4.78 is 0. The van der Waals surface area contributed by atoms with Crippen molar-refractivity contribution in [2.45, 2.75) is 20.3 Å². The Morgan fingerprint density at radius 1 is 1.36 bits per heavy atom. The van der Waals surface area contributed by atoms with E-state index in [0.717, 1.165) is 18.9 Å². The van der Waals surface area contributed by atoms with Crippen LogP contribution in [0.5, 0.6) is 0 Å². The molecule has 0 radical (unpaired) electrons. The fourth-order valence-corrected chi connectivity index (χ4v) is 1.08. The van der Waals surface area contributed by atoms with Crippen LogP contribution in [0.15, 0.2) is 12.4 Å². The molecule has 0 aliphatic heterocycles. The maximum absolute atomic E-state index is 5.51. The molecule has 0 atom stereocenters. The van der Waals surface area contributed by atoms with Gasteiger partial charge in [0.25, 0.3) is 0 Å². The van der Waals surface area contributed by atoms with Crippen LogP contribution in [0.3, 0.4) is 0 Å². The van der Waals surface area contributed by atoms with Gasteiger partial charge in [-0.25, -0.2) is 9.97 Å². The van der Waals surface area contributed by atoms with Crippen molar-refractivity contribution >= 4 is 11.6 Å². The third-order valence-corrected chi connectivity index (χ3v) is 2.04. The van der Waals surface area contributed by atoms with E-state index in [-0.39, 0.29) is 0 Å². The summed E-state index contributed by atoms with van der Waals surface area (Å²) in [6.07, 6.45) is 4.41. The smallest absolute Gasteiger partial charge is 0.225 e. The maximum Gasteiger partial charge on any atom is 0.225 e. The molecule has 0 aliphatic carbocycles. The van der Waals surface area contributed by atoms with Gasteiger partial charge in [-0.2, -0.15) is 0 Å². The fourth-order valence-electron chi connectivity index (χ4n) is 1.08. The Bertz CT molecular complexity index is 268. The van der Waals surface area contributed by atoms with Crippen LogP contribution in [0.2, 0.25) is 0 Å². The predicted octanol–water partition coefficient (Wildman–Crippen LogP) is 1.54. The van der Waals surface area contributed by atoms with Crippen molar-refractivity contribution in [2.24, 2.45) is 5.92 Å². The van der Waals surface area contributed by atoms with Gasteiger partial charge < -0.3 is 10.6 Å². The van der Waals surface area contributed by atoms with Gasteiger partial charge in [-0.3, -0.25) is 0 Å². The van der Waals surface area contributed by atoms with Crippen LogP contribution in [0.4, 0.5) is 11.6 Å². The number of aromatic nitrogens is 2. The second kappa shape index (κ2) is 4.79. The molecule has 0 aliphatic rings. The molecule has 0 amide bonds.